The van der Waals surface area contributed by atoms with Crippen LogP contribution in [0.3, 0.4) is 0 Å². The minimum Gasteiger partial charge on any atom is -0.308 e. The van der Waals surface area contributed by atoms with Crippen molar-refractivity contribution >= 4 is 46.5 Å². The fourth-order valence-corrected chi connectivity index (χ4v) is 3.11. The van der Waals surface area contributed by atoms with Crippen LogP contribution in [0, 0.1) is 16.0 Å². The third-order valence-electron chi connectivity index (χ3n) is 4.18. The van der Waals surface area contributed by atoms with Gasteiger partial charge in [-0.05, 0) is 36.2 Å². The van der Waals surface area contributed by atoms with Crippen LogP contribution in [0.4, 0.5) is 21.9 Å². The standard InChI is InChI=1S/C19H17ClN4O5/c1-10(2)9-23-17(25)13-5-3-11(7-14(13)18(23)26)21-19(27)22-12-4-6-15(20)16(8-12)24(28)29/h3-8,10H,9H2,1-2H3,(H2,21,22,27). The highest BCUT2D eigenvalue weighted by Crippen LogP contribution is 2.28. The number of nitro benzene ring substituents is 1. The number of fused-ring (bicyclic) bond motifs is 1. The molecule has 0 unspecified atom stereocenters. The quantitative estimate of drug-likeness (QED) is 0.431. The first-order valence-electron chi connectivity index (χ1n) is 8.69. The van der Waals surface area contributed by atoms with E-state index in [1.54, 1.807) is 0 Å². The molecular weight excluding hydrogens is 400 g/mol. The molecule has 2 aromatic carbocycles. The maximum absolute atomic E-state index is 12.5. The van der Waals surface area contributed by atoms with Gasteiger partial charge < -0.3 is 10.6 Å². The van der Waals surface area contributed by atoms with E-state index in [9.17, 15) is 24.5 Å². The normalized spacial score (nSPS) is 12.9. The van der Waals surface area contributed by atoms with Gasteiger partial charge in [0.05, 0.1) is 16.1 Å². The molecule has 3 rings (SSSR count). The summed E-state index contributed by atoms with van der Waals surface area (Å²) in [4.78, 5) is 48.6. The number of amides is 4. The molecule has 1 aliphatic rings. The summed E-state index contributed by atoms with van der Waals surface area (Å²) in [5.74, 6) is -0.636. The Morgan fingerprint density at radius 1 is 1.07 bits per heavy atom. The van der Waals surface area contributed by atoms with Crippen molar-refractivity contribution in [1.82, 2.24) is 4.90 Å². The maximum atomic E-state index is 12.5. The first kappa shape index (κ1) is 20.3. The van der Waals surface area contributed by atoms with Gasteiger partial charge in [-0.1, -0.05) is 25.4 Å². The van der Waals surface area contributed by atoms with Crippen molar-refractivity contribution in [2.75, 3.05) is 17.2 Å². The van der Waals surface area contributed by atoms with Gasteiger partial charge in [-0.25, -0.2) is 4.79 Å². The minimum absolute atomic E-state index is 0.0475. The number of urea groups is 1. The molecule has 9 nitrogen and oxygen atoms in total. The zero-order chi connectivity index (χ0) is 21.3. The third-order valence-corrected chi connectivity index (χ3v) is 4.50. The molecule has 0 bridgehead atoms. The zero-order valence-corrected chi connectivity index (χ0v) is 16.3. The second-order valence-corrected chi connectivity index (χ2v) is 7.28. The monoisotopic (exact) mass is 416 g/mol. The van der Waals surface area contributed by atoms with Crippen molar-refractivity contribution in [3.63, 3.8) is 0 Å². The fraction of sp³-hybridized carbons (Fsp3) is 0.211. The molecule has 0 atom stereocenters. The Labute approximate surface area is 170 Å². The summed E-state index contributed by atoms with van der Waals surface area (Å²) in [6.07, 6.45) is 0. The summed E-state index contributed by atoms with van der Waals surface area (Å²) < 4.78 is 0. The Balaban J connectivity index is 1.74. The number of nitro groups is 1. The van der Waals surface area contributed by atoms with E-state index < -0.39 is 16.9 Å². The smallest absolute Gasteiger partial charge is 0.308 e. The highest BCUT2D eigenvalue weighted by atomic mass is 35.5. The van der Waals surface area contributed by atoms with Gasteiger partial charge in [0.2, 0.25) is 0 Å². The maximum Gasteiger partial charge on any atom is 0.323 e. The lowest BCUT2D eigenvalue weighted by atomic mass is 10.1. The van der Waals surface area contributed by atoms with E-state index in [-0.39, 0.29) is 39.3 Å². The lowest BCUT2D eigenvalue weighted by Gasteiger charge is -2.15. The lowest BCUT2D eigenvalue weighted by molar-refractivity contribution is -0.384. The van der Waals surface area contributed by atoms with Crippen molar-refractivity contribution in [3.8, 4) is 0 Å². The van der Waals surface area contributed by atoms with Crippen LogP contribution in [-0.4, -0.2) is 34.2 Å². The van der Waals surface area contributed by atoms with Crippen molar-refractivity contribution in [3.05, 3.63) is 62.7 Å². The van der Waals surface area contributed by atoms with Crippen LogP contribution >= 0.6 is 11.6 Å². The van der Waals surface area contributed by atoms with Gasteiger partial charge in [0.15, 0.2) is 0 Å². The highest BCUT2D eigenvalue weighted by molar-refractivity contribution is 6.32. The molecule has 29 heavy (non-hydrogen) atoms. The molecule has 2 N–H and O–H groups in total. The van der Waals surface area contributed by atoms with Crippen molar-refractivity contribution < 1.29 is 19.3 Å². The molecule has 0 saturated heterocycles. The number of carbonyl (C=O) groups excluding carboxylic acids is 3. The average molecular weight is 417 g/mol. The number of benzene rings is 2. The molecule has 2 aromatic rings. The SMILES string of the molecule is CC(C)CN1C(=O)c2ccc(NC(=O)Nc3ccc(Cl)c([N+](=O)[O-])c3)cc2C1=O. The Hall–Kier alpha value is -3.46. The van der Waals surface area contributed by atoms with E-state index in [1.165, 1.54) is 35.2 Å². The molecule has 0 fully saturated rings. The van der Waals surface area contributed by atoms with Gasteiger partial charge in [0.25, 0.3) is 17.5 Å². The molecule has 4 amide bonds. The minimum atomic E-state index is -0.669. The molecule has 0 saturated carbocycles. The number of nitrogens with zero attached hydrogens (tertiary/aromatic N) is 2. The summed E-state index contributed by atoms with van der Waals surface area (Å²) in [6.45, 7) is 4.12. The van der Waals surface area contributed by atoms with Gasteiger partial charge in [-0.3, -0.25) is 24.6 Å². The van der Waals surface area contributed by atoms with Crippen LogP contribution < -0.4 is 10.6 Å². The summed E-state index contributed by atoms with van der Waals surface area (Å²) in [5.41, 5.74) is 0.647. The van der Waals surface area contributed by atoms with E-state index in [0.29, 0.717) is 12.2 Å². The molecule has 150 valence electrons. The van der Waals surface area contributed by atoms with Crippen molar-refractivity contribution in [2.45, 2.75) is 13.8 Å². The molecular formula is C19H17ClN4O5. The van der Waals surface area contributed by atoms with Crippen LogP contribution in [0.5, 0.6) is 0 Å². The summed E-state index contributed by atoms with van der Waals surface area (Å²) in [5, 5.41) is 15.9. The van der Waals surface area contributed by atoms with Gasteiger partial charge in [-0.15, -0.1) is 0 Å². The summed E-state index contributed by atoms with van der Waals surface area (Å²) in [7, 11) is 0. The van der Waals surface area contributed by atoms with E-state index in [4.69, 9.17) is 11.6 Å². The largest absolute Gasteiger partial charge is 0.323 e. The number of nitrogens with one attached hydrogen (secondary N) is 2. The second-order valence-electron chi connectivity index (χ2n) is 6.88. The van der Waals surface area contributed by atoms with Crippen LogP contribution in [0.15, 0.2) is 36.4 Å². The number of hydrogen-bond acceptors (Lipinski definition) is 5. The van der Waals surface area contributed by atoms with Gasteiger partial charge in [0.1, 0.15) is 5.02 Å². The first-order chi connectivity index (χ1) is 13.7. The predicted octanol–water partition coefficient (Wildman–Crippen LogP) is 4.14. The number of imide groups is 1. The number of halogens is 1. The Morgan fingerprint density at radius 3 is 2.28 bits per heavy atom. The third kappa shape index (κ3) is 4.19. The number of carbonyl (C=O) groups is 3. The van der Waals surface area contributed by atoms with Crippen molar-refractivity contribution in [1.29, 1.82) is 0 Å². The molecule has 0 spiro atoms. The number of hydrogen-bond donors (Lipinski definition) is 2. The van der Waals surface area contributed by atoms with Crippen LogP contribution in [0.2, 0.25) is 5.02 Å². The van der Waals surface area contributed by atoms with E-state index in [1.807, 2.05) is 13.8 Å². The molecule has 10 heteroatoms. The van der Waals surface area contributed by atoms with Gasteiger partial charge >= 0.3 is 6.03 Å². The zero-order valence-electron chi connectivity index (χ0n) is 15.6. The van der Waals surface area contributed by atoms with Gasteiger partial charge in [-0.2, -0.15) is 0 Å². The molecule has 0 aliphatic carbocycles. The van der Waals surface area contributed by atoms with Crippen molar-refractivity contribution in [2.24, 2.45) is 5.92 Å². The Bertz CT molecular complexity index is 1040. The number of anilines is 2. The molecule has 0 aromatic heterocycles. The van der Waals surface area contributed by atoms with Gasteiger partial charge in [0, 0.05) is 24.0 Å². The summed E-state index contributed by atoms with van der Waals surface area (Å²) >= 11 is 5.75. The second kappa shape index (κ2) is 7.88. The molecule has 0 radical (unpaired) electrons. The highest BCUT2D eigenvalue weighted by Gasteiger charge is 2.35. The Morgan fingerprint density at radius 2 is 1.66 bits per heavy atom. The lowest BCUT2D eigenvalue weighted by Crippen LogP contribution is -2.33. The average Bonchev–Trinajstić information content (AvgIpc) is 2.87. The van der Waals surface area contributed by atoms with Crippen LogP contribution in [0.25, 0.3) is 0 Å². The molecule has 1 heterocycles. The Kier molecular flexibility index (Phi) is 5.51. The topological polar surface area (TPSA) is 122 Å². The van der Waals surface area contributed by atoms with E-state index in [2.05, 4.69) is 10.6 Å². The van der Waals surface area contributed by atoms with E-state index in [0.717, 1.165) is 6.07 Å². The van der Waals surface area contributed by atoms with Crippen LogP contribution in [0.1, 0.15) is 34.6 Å². The first-order valence-corrected chi connectivity index (χ1v) is 9.07. The number of rotatable bonds is 5. The fourth-order valence-electron chi connectivity index (χ4n) is 2.92. The van der Waals surface area contributed by atoms with Crippen LogP contribution in [-0.2, 0) is 0 Å². The summed E-state index contributed by atoms with van der Waals surface area (Å²) in [6, 6.07) is 7.61. The molecule has 1 aliphatic heterocycles. The van der Waals surface area contributed by atoms with E-state index >= 15 is 0 Å². The predicted molar refractivity (Wildman–Crippen MR) is 107 cm³/mol.